The number of carbonyl (C=O) groups is 2. The molecule has 0 bridgehead atoms. The van der Waals surface area contributed by atoms with E-state index in [0.717, 1.165) is 6.42 Å². The van der Waals surface area contributed by atoms with Crippen LogP contribution in [0.5, 0.6) is 0 Å². The lowest BCUT2D eigenvalue weighted by Gasteiger charge is -2.24. The maximum absolute atomic E-state index is 11.1. The van der Waals surface area contributed by atoms with Crippen LogP contribution in [0.15, 0.2) is 0 Å². The number of unbranched alkanes of at least 4 members (excludes halogenated alkanes) is 1. The number of esters is 2. The molecule has 2 atom stereocenters. The predicted octanol–water partition coefficient (Wildman–Crippen LogP) is -0.326. The van der Waals surface area contributed by atoms with Gasteiger partial charge in [-0.2, -0.15) is 0 Å². The summed E-state index contributed by atoms with van der Waals surface area (Å²) in [4.78, 5) is 22.1. The van der Waals surface area contributed by atoms with E-state index in [1.165, 1.54) is 0 Å². The topological polar surface area (TPSA) is 93.1 Å². The average molecular weight is 218 g/mol. The molecule has 1 heterocycles. The molecule has 2 unspecified atom stereocenters. The SMILES string of the molecule is CCCCC1(O)OC(=O)CC(O)C(=O)O1. The van der Waals surface area contributed by atoms with Crippen LogP contribution in [0.2, 0.25) is 0 Å². The van der Waals surface area contributed by atoms with E-state index >= 15 is 0 Å². The van der Waals surface area contributed by atoms with Crippen LogP contribution in [0.3, 0.4) is 0 Å². The maximum atomic E-state index is 11.1. The standard InChI is InChI=1S/C9H14O6/c1-2-3-4-9(13)14-7(11)5-6(10)8(12)15-9/h6,10,13H,2-5H2,1H3. The van der Waals surface area contributed by atoms with Crippen molar-refractivity contribution in [3.63, 3.8) is 0 Å². The van der Waals surface area contributed by atoms with Crippen molar-refractivity contribution in [2.24, 2.45) is 0 Å². The summed E-state index contributed by atoms with van der Waals surface area (Å²) in [7, 11) is 0. The molecule has 0 radical (unpaired) electrons. The minimum Gasteiger partial charge on any atom is -0.398 e. The largest absolute Gasteiger partial charge is 0.398 e. The summed E-state index contributed by atoms with van der Waals surface area (Å²) in [6, 6.07) is 0. The summed E-state index contributed by atoms with van der Waals surface area (Å²) >= 11 is 0. The molecule has 1 fully saturated rings. The van der Waals surface area contributed by atoms with Crippen molar-refractivity contribution in [1.82, 2.24) is 0 Å². The number of aliphatic hydroxyl groups is 2. The highest BCUT2D eigenvalue weighted by molar-refractivity contribution is 5.83. The van der Waals surface area contributed by atoms with Gasteiger partial charge in [0.25, 0.3) is 0 Å². The molecule has 1 aliphatic rings. The van der Waals surface area contributed by atoms with Crippen molar-refractivity contribution >= 4 is 11.9 Å². The number of ether oxygens (including phenoxy) is 2. The molecular formula is C9H14O6. The molecule has 0 aromatic heterocycles. The maximum Gasteiger partial charge on any atom is 0.373 e. The van der Waals surface area contributed by atoms with Gasteiger partial charge >= 0.3 is 17.9 Å². The fourth-order valence-electron chi connectivity index (χ4n) is 1.21. The van der Waals surface area contributed by atoms with Gasteiger partial charge in [-0.05, 0) is 6.42 Å². The summed E-state index contributed by atoms with van der Waals surface area (Å²) in [6.45, 7) is 1.87. The number of rotatable bonds is 3. The molecule has 0 aliphatic carbocycles. The quantitative estimate of drug-likeness (QED) is 0.630. The molecule has 1 rings (SSSR count). The van der Waals surface area contributed by atoms with Gasteiger partial charge < -0.3 is 19.7 Å². The van der Waals surface area contributed by atoms with E-state index in [-0.39, 0.29) is 6.42 Å². The van der Waals surface area contributed by atoms with Gasteiger partial charge in [0.05, 0.1) is 12.8 Å². The molecule has 86 valence electrons. The molecule has 0 spiro atoms. The van der Waals surface area contributed by atoms with E-state index < -0.39 is 30.4 Å². The molecule has 0 aromatic rings. The highest BCUT2D eigenvalue weighted by Gasteiger charge is 2.42. The van der Waals surface area contributed by atoms with E-state index in [4.69, 9.17) is 5.11 Å². The van der Waals surface area contributed by atoms with Gasteiger partial charge in [0.2, 0.25) is 0 Å². The third-order valence-electron chi connectivity index (χ3n) is 2.01. The Balaban J connectivity index is 2.71. The second-order valence-electron chi connectivity index (χ2n) is 3.43. The van der Waals surface area contributed by atoms with Gasteiger partial charge in [-0.1, -0.05) is 13.3 Å². The Morgan fingerprint density at radius 3 is 2.73 bits per heavy atom. The van der Waals surface area contributed by atoms with Gasteiger partial charge in [0.1, 0.15) is 0 Å². The Morgan fingerprint density at radius 2 is 2.13 bits per heavy atom. The molecule has 1 saturated heterocycles. The first kappa shape index (κ1) is 11.9. The smallest absolute Gasteiger partial charge is 0.373 e. The van der Waals surface area contributed by atoms with E-state index in [0.29, 0.717) is 6.42 Å². The van der Waals surface area contributed by atoms with E-state index in [2.05, 4.69) is 9.47 Å². The zero-order valence-corrected chi connectivity index (χ0v) is 8.43. The number of cyclic esters (lactones) is 2. The second kappa shape index (κ2) is 4.59. The minimum absolute atomic E-state index is 0.00764. The Labute approximate surface area is 86.8 Å². The van der Waals surface area contributed by atoms with Crippen LogP contribution in [0.1, 0.15) is 32.6 Å². The Bertz CT molecular complexity index is 263. The Kier molecular flexibility index (Phi) is 3.65. The number of hydrogen-bond donors (Lipinski definition) is 2. The number of carbonyl (C=O) groups excluding carboxylic acids is 2. The molecule has 0 saturated carbocycles. The third-order valence-corrected chi connectivity index (χ3v) is 2.01. The van der Waals surface area contributed by atoms with Crippen LogP contribution in [-0.2, 0) is 19.1 Å². The predicted molar refractivity (Wildman–Crippen MR) is 47.3 cm³/mol. The first-order valence-electron chi connectivity index (χ1n) is 4.82. The van der Waals surface area contributed by atoms with Gasteiger partial charge in [0.15, 0.2) is 6.10 Å². The third kappa shape index (κ3) is 3.17. The van der Waals surface area contributed by atoms with Crippen molar-refractivity contribution in [1.29, 1.82) is 0 Å². The highest BCUT2D eigenvalue weighted by atomic mass is 16.8. The molecule has 15 heavy (non-hydrogen) atoms. The molecule has 0 amide bonds. The van der Waals surface area contributed by atoms with Crippen molar-refractivity contribution in [2.45, 2.75) is 44.7 Å². The molecule has 6 heteroatoms. The van der Waals surface area contributed by atoms with Crippen molar-refractivity contribution in [3.05, 3.63) is 0 Å². The van der Waals surface area contributed by atoms with Gasteiger partial charge in [-0.15, -0.1) is 0 Å². The summed E-state index contributed by atoms with van der Waals surface area (Å²) in [5, 5.41) is 18.7. The number of aliphatic hydroxyl groups excluding tert-OH is 1. The lowest BCUT2D eigenvalue weighted by atomic mass is 10.2. The monoisotopic (exact) mass is 218 g/mol. The molecule has 2 N–H and O–H groups in total. The lowest BCUT2D eigenvalue weighted by molar-refractivity contribution is -0.324. The second-order valence-corrected chi connectivity index (χ2v) is 3.43. The van der Waals surface area contributed by atoms with Crippen LogP contribution < -0.4 is 0 Å². The number of hydrogen-bond acceptors (Lipinski definition) is 6. The molecule has 1 aliphatic heterocycles. The molecule has 6 nitrogen and oxygen atoms in total. The normalized spacial score (nSPS) is 31.8. The fraction of sp³-hybridized carbons (Fsp3) is 0.778. The summed E-state index contributed by atoms with van der Waals surface area (Å²) < 4.78 is 9.06. The summed E-state index contributed by atoms with van der Waals surface area (Å²) in [6.07, 6.45) is -0.762. The minimum atomic E-state index is -2.22. The van der Waals surface area contributed by atoms with Crippen LogP contribution in [0.4, 0.5) is 0 Å². The van der Waals surface area contributed by atoms with Crippen molar-refractivity contribution in [3.8, 4) is 0 Å². The summed E-state index contributed by atoms with van der Waals surface area (Å²) in [5.74, 6) is -4.12. The Morgan fingerprint density at radius 1 is 1.47 bits per heavy atom. The zero-order valence-electron chi connectivity index (χ0n) is 8.43. The first-order chi connectivity index (χ1) is 6.97. The highest BCUT2D eigenvalue weighted by Crippen LogP contribution is 2.23. The van der Waals surface area contributed by atoms with E-state index in [1.807, 2.05) is 6.92 Å². The van der Waals surface area contributed by atoms with Gasteiger partial charge in [0, 0.05) is 0 Å². The molecular weight excluding hydrogens is 204 g/mol. The van der Waals surface area contributed by atoms with Gasteiger partial charge in [-0.3, -0.25) is 4.79 Å². The van der Waals surface area contributed by atoms with Gasteiger partial charge in [-0.25, -0.2) is 4.79 Å². The lowest BCUT2D eigenvalue weighted by Crippen LogP contribution is -2.38. The fourth-order valence-corrected chi connectivity index (χ4v) is 1.21. The van der Waals surface area contributed by atoms with E-state index in [1.54, 1.807) is 0 Å². The first-order valence-corrected chi connectivity index (χ1v) is 4.82. The summed E-state index contributed by atoms with van der Waals surface area (Å²) in [5.41, 5.74) is 0. The average Bonchev–Trinajstić information content (AvgIpc) is 2.22. The zero-order chi connectivity index (χ0) is 11.5. The van der Waals surface area contributed by atoms with Crippen LogP contribution in [0.25, 0.3) is 0 Å². The molecule has 0 aromatic carbocycles. The van der Waals surface area contributed by atoms with Crippen LogP contribution in [0, 0.1) is 0 Å². The van der Waals surface area contributed by atoms with Crippen LogP contribution >= 0.6 is 0 Å². The van der Waals surface area contributed by atoms with Crippen molar-refractivity contribution < 1.29 is 29.3 Å². The van der Waals surface area contributed by atoms with Crippen molar-refractivity contribution in [2.75, 3.05) is 0 Å². The Hall–Kier alpha value is -1.14. The van der Waals surface area contributed by atoms with E-state index in [9.17, 15) is 14.7 Å². The van der Waals surface area contributed by atoms with Crippen LogP contribution in [-0.4, -0.2) is 34.2 Å².